The average Bonchev–Trinajstić information content (AvgIpc) is 0.693. The fourth-order valence-corrected chi connectivity index (χ4v) is 15.1. The van der Waals surface area contributed by atoms with Crippen LogP contribution >= 0.6 is 0 Å². The Kier molecular flexibility index (Phi) is 13.8. The Bertz CT molecular complexity index is 7130. The zero-order chi connectivity index (χ0) is 151. The summed E-state index contributed by atoms with van der Waals surface area (Å²) < 4.78 is 657. The van der Waals surface area contributed by atoms with Crippen LogP contribution in [0.15, 0.2) is 48.3 Å². The van der Waals surface area contributed by atoms with Gasteiger partial charge in [0.2, 0.25) is 0 Å². The van der Waals surface area contributed by atoms with Crippen molar-refractivity contribution in [3.05, 3.63) is 92.8 Å². The summed E-state index contributed by atoms with van der Waals surface area (Å²) in [6, 6.07) is -23.0. The van der Waals surface area contributed by atoms with Gasteiger partial charge < -0.3 is 79.8 Å². The van der Waals surface area contributed by atoms with Crippen LogP contribution < -0.4 is 60.8 Å². The molecule has 0 amide bonds. The van der Waals surface area contributed by atoms with Crippen LogP contribution in [0.1, 0.15) is 330 Å². The van der Waals surface area contributed by atoms with E-state index in [4.69, 9.17) is 176 Å². The summed E-state index contributed by atoms with van der Waals surface area (Å²) in [6.45, 7) is -43.5. The Morgan fingerprint density at radius 3 is 0.850 bits per heavy atom. The standard InChI is InChI=1S/4C24H38N2O4/c4*1-14(2)9-17-13-26-8-7-16-10-21(28-5)22(29-6)11-18(16)19(26)12-20(17)30-24(27)23(25)15(3)4/h4*10-11,14-15,17,19-20,23H,7-9,12-13,25H2,1-6H3/t4*17?,19?,20?,23-/m0000/s1/i1D3,3D3,4D3,5D3,9D2,10D,11D,14D,15D,20D,23D;2*1D3,3D3,4D3,9D2,10D,11D,14D,15D,20D,23D;1D3,3D3,4D3,5D3,9D2,10D,11D,14D,15D,23D/t4*14?,17?,19?,20?,23-. The summed E-state index contributed by atoms with van der Waals surface area (Å²) in [5.74, 6) is -46.9. The summed E-state index contributed by atoms with van der Waals surface area (Å²) in [7, 11) is 1.07. The Morgan fingerprint density at radius 1 is 0.367 bits per heavy atom. The van der Waals surface area contributed by atoms with E-state index in [1.807, 2.05) is 0 Å². The molecular weight excluding hydrogens is 1520 g/mol. The van der Waals surface area contributed by atoms with Crippen LogP contribution in [0.2, 0.25) is 0 Å². The molecule has 8 aliphatic rings. The largest absolute Gasteiger partial charge is 0.493 e. The van der Waals surface area contributed by atoms with Crippen LogP contribution in [0, 0.1) is 70.8 Å². The van der Waals surface area contributed by atoms with Gasteiger partial charge in [0.05, 0.1) is 85.5 Å². The van der Waals surface area contributed by atoms with E-state index in [2.05, 4.69) is 0 Å². The molecule has 0 spiro atoms. The number of fused-ring (bicyclic) bond motifs is 12. The van der Waals surface area contributed by atoms with Crippen molar-refractivity contribution in [3.63, 3.8) is 0 Å². The molecule has 20 atom stereocenters. The Morgan fingerprint density at radius 2 is 0.600 bits per heavy atom. The molecule has 16 unspecified atom stereocenters. The maximum Gasteiger partial charge on any atom is 0.323 e. The normalized spacial score (nSPS) is 41.0. The van der Waals surface area contributed by atoms with Crippen LogP contribution in [0.4, 0.5) is 0 Å². The number of benzene rings is 4. The number of ether oxygens (including phenoxy) is 12. The van der Waals surface area contributed by atoms with Gasteiger partial charge >= 0.3 is 23.9 Å². The predicted molar refractivity (Wildman–Crippen MR) is 471 cm³/mol. The Labute approximate surface area is 821 Å². The molecule has 24 nitrogen and oxygen atoms in total. The second-order valence-corrected chi connectivity index (χ2v) is 28.5. The number of piperidine rings is 4. The minimum Gasteiger partial charge on any atom is -0.493 e. The maximum atomic E-state index is 13.7. The summed E-state index contributed by atoms with van der Waals surface area (Å²) >= 11 is 0. The highest BCUT2D eigenvalue weighted by Crippen LogP contribution is 2.50. The first kappa shape index (κ1) is 37.6. The number of rotatable bonds is 28. The zero-order valence-corrected chi connectivity index (χ0v) is 67.6. The van der Waals surface area contributed by atoms with Gasteiger partial charge in [-0.2, -0.15) is 0 Å². The number of carbonyl (C=O) groups excluding carboxylic acids is 4. The molecule has 4 aromatic carbocycles. The fourth-order valence-electron chi connectivity index (χ4n) is 15.1. The third-order valence-electron chi connectivity index (χ3n) is 20.7. The van der Waals surface area contributed by atoms with E-state index in [-0.39, 0.29) is 132 Å². The van der Waals surface area contributed by atoms with Gasteiger partial charge in [-0.25, -0.2) is 0 Å². The molecule has 8 aliphatic heterocycles. The highest BCUT2D eigenvalue weighted by atomic mass is 16.6. The number of carbonyl (C=O) groups is 4. The summed E-state index contributed by atoms with van der Waals surface area (Å²) in [6.07, 6.45) is -26.6. The van der Waals surface area contributed by atoms with Crippen molar-refractivity contribution in [1.82, 2.24) is 19.6 Å². The molecule has 8 heterocycles. The maximum absolute atomic E-state index is 13.7. The molecule has 4 saturated heterocycles. The van der Waals surface area contributed by atoms with E-state index < -0.39 is 388 Å². The van der Waals surface area contributed by atoms with Gasteiger partial charge in [-0.1, -0.05) is 110 Å². The second-order valence-electron chi connectivity index (χ2n) is 28.5. The van der Waals surface area contributed by atoms with Crippen LogP contribution in [0.25, 0.3) is 0 Å². The fraction of sp³-hybridized carbons (Fsp3) is 0.708. The molecule has 0 saturated carbocycles. The Balaban J connectivity index is 0.000000279. The summed E-state index contributed by atoms with van der Waals surface area (Å²) in [5.41, 5.74) is 23.8. The minimum atomic E-state index is -4.07. The molecule has 8 N–H and O–H groups in total. The summed E-state index contributed by atoms with van der Waals surface area (Å²) in [5, 5.41) is 0. The van der Waals surface area contributed by atoms with E-state index in [1.165, 1.54) is 33.3 Å². The number of nitrogens with zero attached hydrogens (tertiary/aromatic N) is 4. The molecule has 0 aliphatic carbocycles. The van der Waals surface area contributed by atoms with Crippen molar-refractivity contribution in [1.29, 1.82) is 0 Å². The van der Waals surface area contributed by atoms with Gasteiger partial charge in [-0.3, -0.25) is 38.8 Å². The van der Waals surface area contributed by atoms with Crippen molar-refractivity contribution >= 4 is 23.9 Å². The lowest BCUT2D eigenvalue weighted by molar-refractivity contribution is -0.161. The van der Waals surface area contributed by atoms with Gasteiger partial charge in [0.1, 0.15) is 48.4 Å². The first-order valence-electron chi connectivity index (χ1n) is 73.8. The molecule has 0 aromatic heterocycles. The molecule has 24 heteroatoms. The first-order valence-corrected chi connectivity index (χ1v) is 37.3. The molecule has 4 fully saturated rings. The van der Waals surface area contributed by atoms with Gasteiger partial charge in [-0.15, -0.1) is 0 Å². The van der Waals surface area contributed by atoms with E-state index in [0.717, 1.165) is 41.9 Å². The van der Waals surface area contributed by atoms with E-state index >= 15 is 0 Å². The SMILES string of the molecule is [2H]c1c2c(c([2H])c(OC)c1OC([2H])([2H])[2H])C1CC(OC(=O)[C@@]([2H])(N)C([2H])(C([2H])([2H])[2H])C([2H])([2H])[2H])C(C([2H])([2H])C([2H])(C)C([2H])([2H])[2H])CN1CC2.[2H]c1c2c(c([2H])c(OC)c1OC([2H])([2H])[2H])C1CC([2H])(OC(=O)[C@@]([2H])(N)C([2H])(C([2H])([2H])[2H])C([2H])([2H])[2H])C(C([2H])([2H])C([2H])(C)C([2H])([2H])[2H])CN1CC2.[2H]c1c2c(c([2H])c(OC)c1OC)C1CC([2H])(OC(=O)[C@@]([2H])(N)C([2H])(C([2H])([2H])[2H])C([2H])([2H])[2H])C(C([2H])([2H])C([2H])(C)C([2H])([2H])[2H])CN1CC2.[2H]c1c2c(c([2H])c(OC)c1OC)C1CC([2H])(OC(=O)[C@@]([2H])(N)C([2H])(C([2H])([2H])[2H])C([2H])([2H])[2H])C(C([2H])([2H])C([2H])(C)C([2H])([2H])[2H])CN1CC2. The van der Waals surface area contributed by atoms with Crippen molar-refractivity contribution in [3.8, 4) is 46.0 Å². The van der Waals surface area contributed by atoms with Crippen LogP contribution in [-0.2, 0) is 63.8 Å². The van der Waals surface area contributed by atoms with Gasteiger partial charge in [0.25, 0.3) is 0 Å². The van der Waals surface area contributed by atoms with Crippen molar-refractivity contribution in [2.45, 2.75) is 259 Å². The van der Waals surface area contributed by atoms with E-state index in [9.17, 15) is 23.3 Å². The molecule has 672 valence electrons. The van der Waals surface area contributed by atoms with Gasteiger partial charge in [0.15, 0.2) is 46.0 Å². The highest BCUT2D eigenvalue weighted by molar-refractivity contribution is 5.77. The first-order chi connectivity index (χ1) is 85.6. The predicted octanol–water partition coefficient (Wildman–Crippen LogP) is 14.3. The number of methoxy groups -OCH3 is 8. The van der Waals surface area contributed by atoms with Gasteiger partial charge in [0, 0.05) is 197 Å². The number of nitrogens with two attached hydrogens (primary N) is 4. The molecule has 4 aromatic rings. The van der Waals surface area contributed by atoms with Crippen molar-refractivity contribution in [2.75, 3.05) is 109 Å². The summed E-state index contributed by atoms with van der Waals surface area (Å²) in [4.78, 5) is 60.7. The lowest BCUT2D eigenvalue weighted by Gasteiger charge is -2.47. The third-order valence-corrected chi connectivity index (χ3v) is 20.7. The van der Waals surface area contributed by atoms with Crippen LogP contribution in [0.5, 0.6) is 46.0 Å². The van der Waals surface area contributed by atoms with E-state index in [1.54, 1.807) is 14.7 Å². The molecular formula is C96H152N8O16. The van der Waals surface area contributed by atoms with Crippen LogP contribution in [0.3, 0.4) is 0 Å². The molecule has 0 radical (unpaired) electrons. The lowest BCUT2D eigenvalue weighted by atomic mass is 9.79. The average molecular weight is 1750 g/mol. The third kappa shape index (κ3) is 23.8. The quantitative estimate of drug-likeness (QED) is 0.0303. The monoisotopic (exact) mass is 1750 g/mol. The second kappa shape index (κ2) is 43.9. The van der Waals surface area contributed by atoms with Crippen molar-refractivity contribution < 1.29 is 176 Å². The van der Waals surface area contributed by atoms with Gasteiger partial charge in [-0.05, 0) is 191 Å². The topological polar surface area (TPSA) is 296 Å². The molecule has 120 heavy (non-hydrogen) atoms. The molecule has 12 rings (SSSR count). The zero-order valence-electron chi connectivity index (χ0n) is 141. The number of esters is 4. The highest BCUT2D eigenvalue weighted by Gasteiger charge is 2.47. The Hall–Kier alpha value is -7.16. The number of hydrogen-bond acceptors (Lipinski definition) is 24. The van der Waals surface area contributed by atoms with Crippen molar-refractivity contribution in [2.24, 2.45) is 93.8 Å². The number of hydrogen-bond donors (Lipinski definition) is 4. The minimum absolute atomic E-state index is 0.00729. The molecule has 0 bridgehead atoms. The van der Waals surface area contributed by atoms with E-state index in [0.29, 0.717) is 11.1 Å². The lowest BCUT2D eigenvalue weighted by Crippen LogP contribution is -2.51. The smallest absolute Gasteiger partial charge is 0.323 e. The van der Waals surface area contributed by atoms with Crippen LogP contribution in [-0.4, -0.2) is 201 Å².